The van der Waals surface area contributed by atoms with Gasteiger partial charge in [-0.3, -0.25) is 9.36 Å². The van der Waals surface area contributed by atoms with E-state index in [-0.39, 0.29) is 17.1 Å². The van der Waals surface area contributed by atoms with E-state index in [2.05, 4.69) is 60.6 Å². The van der Waals surface area contributed by atoms with Crippen molar-refractivity contribution in [2.24, 2.45) is 0 Å². The summed E-state index contributed by atoms with van der Waals surface area (Å²) in [5, 5.41) is 12.5. The number of nitrogens with zero attached hydrogens (tertiary/aromatic N) is 3. The monoisotopic (exact) mass is 500 g/mol. The first-order valence-electron chi connectivity index (χ1n) is 11.8. The molecule has 0 saturated heterocycles. The summed E-state index contributed by atoms with van der Waals surface area (Å²) in [5.74, 6) is 2.10. The van der Waals surface area contributed by atoms with Crippen LogP contribution in [-0.2, 0) is 10.2 Å². The second-order valence-electron chi connectivity index (χ2n) is 9.50. The molecule has 1 aliphatic rings. The van der Waals surface area contributed by atoms with Crippen molar-refractivity contribution in [1.29, 1.82) is 0 Å². The highest BCUT2D eigenvalue weighted by atomic mass is 32.2. The number of thioether (sulfide) groups is 1. The van der Waals surface area contributed by atoms with Crippen LogP contribution >= 0.6 is 11.8 Å². The van der Waals surface area contributed by atoms with Gasteiger partial charge in [-0.15, -0.1) is 10.2 Å². The molecule has 1 N–H and O–H groups in total. The fourth-order valence-corrected chi connectivity index (χ4v) is 4.68. The van der Waals surface area contributed by atoms with Crippen LogP contribution in [-0.4, -0.2) is 39.6 Å². The van der Waals surface area contributed by atoms with Gasteiger partial charge in [-0.1, -0.05) is 75.0 Å². The highest BCUT2D eigenvalue weighted by Crippen LogP contribution is 2.33. The van der Waals surface area contributed by atoms with Crippen LogP contribution in [0, 0.1) is 0 Å². The van der Waals surface area contributed by atoms with Crippen molar-refractivity contribution in [3.63, 3.8) is 0 Å². The van der Waals surface area contributed by atoms with Crippen LogP contribution in [0.3, 0.4) is 0 Å². The molecule has 0 unspecified atom stereocenters. The summed E-state index contributed by atoms with van der Waals surface area (Å²) in [4.78, 5) is 12.7. The smallest absolute Gasteiger partial charge is 0.234 e. The minimum Gasteiger partial charge on any atom is -0.486 e. The maximum atomic E-state index is 12.7. The summed E-state index contributed by atoms with van der Waals surface area (Å²) in [6, 6.07) is 23.8. The lowest BCUT2D eigenvalue weighted by Gasteiger charge is -2.19. The molecular weight excluding hydrogens is 472 g/mol. The second-order valence-corrected chi connectivity index (χ2v) is 10.4. The van der Waals surface area contributed by atoms with Crippen LogP contribution in [0.5, 0.6) is 11.5 Å². The normalized spacial score (nSPS) is 12.9. The van der Waals surface area contributed by atoms with Crippen LogP contribution < -0.4 is 14.8 Å². The van der Waals surface area contributed by atoms with E-state index in [9.17, 15) is 4.79 Å². The zero-order chi connectivity index (χ0) is 25.1. The Bertz CT molecular complexity index is 1360. The van der Waals surface area contributed by atoms with Crippen molar-refractivity contribution >= 4 is 23.4 Å². The summed E-state index contributed by atoms with van der Waals surface area (Å²) in [7, 11) is 0. The number of hydrogen-bond donors (Lipinski definition) is 1. The number of aromatic nitrogens is 3. The van der Waals surface area contributed by atoms with Crippen molar-refractivity contribution < 1.29 is 14.3 Å². The predicted octanol–water partition coefficient (Wildman–Crippen LogP) is 5.73. The minimum atomic E-state index is -0.143. The Morgan fingerprint density at radius 2 is 1.67 bits per heavy atom. The number of anilines is 1. The van der Waals surface area contributed by atoms with Gasteiger partial charge in [0, 0.05) is 23.0 Å². The first-order valence-corrected chi connectivity index (χ1v) is 12.8. The lowest BCUT2D eigenvalue weighted by molar-refractivity contribution is -0.113. The van der Waals surface area contributed by atoms with Crippen molar-refractivity contribution in [2.45, 2.75) is 31.3 Å². The van der Waals surface area contributed by atoms with E-state index in [1.54, 1.807) is 12.1 Å². The average molecular weight is 501 g/mol. The molecule has 0 spiro atoms. The third kappa shape index (κ3) is 5.23. The number of carbonyl (C=O) groups is 1. The molecular formula is C28H28N4O3S. The second kappa shape index (κ2) is 10.1. The van der Waals surface area contributed by atoms with Crippen LogP contribution in [0.1, 0.15) is 26.3 Å². The fourth-order valence-electron chi connectivity index (χ4n) is 3.93. The molecule has 1 aliphatic heterocycles. The highest BCUT2D eigenvalue weighted by Gasteiger charge is 2.19. The third-order valence-corrected chi connectivity index (χ3v) is 6.74. The molecule has 8 heteroatoms. The molecule has 1 amide bonds. The Hall–Kier alpha value is -3.78. The zero-order valence-corrected chi connectivity index (χ0v) is 21.3. The Labute approximate surface area is 214 Å². The molecule has 36 heavy (non-hydrogen) atoms. The van der Waals surface area contributed by atoms with Gasteiger partial charge in [0.25, 0.3) is 0 Å². The van der Waals surface area contributed by atoms with Gasteiger partial charge in [0.05, 0.1) is 5.75 Å². The van der Waals surface area contributed by atoms with Crippen molar-refractivity contribution in [3.8, 4) is 28.6 Å². The molecule has 0 radical (unpaired) electrons. The van der Waals surface area contributed by atoms with Crippen molar-refractivity contribution in [2.75, 3.05) is 24.3 Å². The largest absolute Gasteiger partial charge is 0.486 e. The number of hydrogen-bond acceptors (Lipinski definition) is 6. The summed E-state index contributed by atoms with van der Waals surface area (Å²) >= 11 is 1.34. The number of ether oxygens (including phenoxy) is 2. The number of benzene rings is 3. The summed E-state index contributed by atoms with van der Waals surface area (Å²) in [5.41, 5.74) is 3.88. The molecule has 184 valence electrons. The maximum absolute atomic E-state index is 12.7. The van der Waals surface area contributed by atoms with E-state index < -0.39 is 0 Å². The van der Waals surface area contributed by atoms with Gasteiger partial charge in [-0.25, -0.2) is 0 Å². The molecule has 1 aromatic heterocycles. The molecule has 5 rings (SSSR count). The van der Waals surface area contributed by atoms with Crippen LogP contribution in [0.2, 0.25) is 0 Å². The van der Waals surface area contributed by atoms with Gasteiger partial charge in [-0.2, -0.15) is 0 Å². The third-order valence-electron chi connectivity index (χ3n) is 5.82. The Morgan fingerprint density at radius 3 is 2.39 bits per heavy atom. The van der Waals surface area contributed by atoms with Gasteiger partial charge < -0.3 is 14.8 Å². The van der Waals surface area contributed by atoms with Gasteiger partial charge in [-0.05, 0) is 35.2 Å². The van der Waals surface area contributed by atoms with Gasteiger partial charge >= 0.3 is 0 Å². The van der Waals surface area contributed by atoms with Crippen molar-refractivity contribution in [1.82, 2.24) is 14.8 Å². The molecule has 0 bridgehead atoms. The average Bonchev–Trinajstić information content (AvgIpc) is 3.31. The Balaban J connectivity index is 1.36. The van der Waals surface area contributed by atoms with Crippen LogP contribution in [0.4, 0.5) is 5.69 Å². The number of amides is 1. The standard InChI is InChI=1S/C28H28N4O3S/c1-28(2,3)20-11-9-19(10-12-20)26-30-31-27(32(26)22-7-5-4-6-8-22)36-18-25(33)29-21-13-14-23-24(17-21)35-16-15-34-23/h4-14,17H,15-16,18H2,1-3H3,(H,29,33). The van der Waals surface area contributed by atoms with E-state index in [0.717, 1.165) is 17.1 Å². The van der Waals surface area contributed by atoms with Crippen LogP contribution in [0.15, 0.2) is 78.0 Å². The highest BCUT2D eigenvalue weighted by molar-refractivity contribution is 7.99. The summed E-state index contributed by atoms with van der Waals surface area (Å²) in [6.07, 6.45) is 0. The van der Waals surface area contributed by atoms with Crippen molar-refractivity contribution in [3.05, 3.63) is 78.4 Å². The Kier molecular flexibility index (Phi) is 6.69. The fraction of sp³-hybridized carbons (Fsp3) is 0.250. The van der Waals surface area contributed by atoms with Crippen LogP contribution in [0.25, 0.3) is 17.1 Å². The lowest BCUT2D eigenvalue weighted by Crippen LogP contribution is -2.17. The first-order chi connectivity index (χ1) is 17.4. The SMILES string of the molecule is CC(C)(C)c1ccc(-c2nnc(SCC(=O)Nc3ccc4c(c3)OCCO4)n2-c2ccccc2)cc1. The molecule has 0 saturated carbocycles. The quantitative estimate of drug-likeness (QED) is 0.341. The molecule has 0 aliphatic carbocycles. The number of rotatable bonds is 6. The predicted molar refractivity (Wildman–Crippen MR) is 142 cm³/mol. The number of fused-ring (bicyclic) bond motifs is 1. The molecule has 0 atom stereocenters. The number of nitrogens with one attached hydrogen (secondary N) is 1. The van der Waals surface area contributed by atoms with Gasteiger partial charge in [0.15, 0.2) is 22.5 Å². The molecule has 2 heterocycles. The lowest BCUT2D eigenvalue weighted by atomic mass is 9.87. The van der Waals surface area contributed by atoms with E-state index >= 15 is 0 Å². The van der Waals surface area contributed by atoms with Gasteiger partial charge in [0.2, 0.25) is 5.91 Å². The maximum Gasteiger partial charge on any atom is 0.234 e. The first kappa shape index (κ1) is 23.9. The molecule has 7 nitrogen and oxygen atoms in total. The Morgan fingerprint density at radius 1 is 0.944 bits per heavy atom. The summed E-state index contributed by atoms with van der Waals surface area (Å²) < 4.78 is 13.1. The van der Waals surface area contributed by atoms with E-state index in [1.807, 2.05) is 41.0 Å². The molecule has 4 aromatic rings. The molecule has 3 aromatic carbocycles. The number of para-hydroxylation sites is 1. The minimum absolute atomic E-state index is 0.0667. The zero-order valence-electron chi connectivity index (χ0n) is 20.5. The summed E-state index contributed by atoms with van der Waals surface area (Å²) in [6.45, 7) is 7.61. The van der Waals surface area contributed by atoms with E-state index in [4.69, 9.17) is 9.47 Å². The van der Waals surface area contributed by atoms with E-state index in [1.165, 1.54) is 17.3 Å². The van der Waals surface area contributed by atoms with Gasteiger partial charge in [0.1, 0.15) is 13.2 Å². The number of carbonyl (C=O) groups excluding carboxylic acids is 1. The topological polar surface area (TPSA) is 78.3 Å². The molecule has 0 fully saturated rings. The van der Waals surface area contributed by atoms with E-state index in [0.29, 0.717) is 35.6 Å².